The Hall–Kier alpha value is -11.2. The Morgan fingerprint density at radius 1 is 0.397 bits per heavy atom. The van der Waals surface area contributed by atoms with Crippen LogP contribution in [0.3, 0.4) is 0 Å². The van der Waals surface area contributed by atoms with Crippen molar-refractivity contribution in [1.82, 2.24) is 51.3 Å². The van der Waals surface area contributed by atoms with Gasteiger partial charge >= 0.3 is 24.1 Å². The minimum Gasteiger partial charge on any atom is -0.490 e. The van der Waals surface area contributed by atoms with E-state index in [1.165, 1.54) is 14.2 Å². The van der Waals surface area contributed by atoms with E-state index in [1.807, 2.05) is 120 Å². The molecule has 2 aromatic heterocycles. The van der Waals surface area contributed by atoms with Gasteiger partial charge in [0.1, 0.15) is 94.5 Å². The van der Waals surface area contributed by atoms with Crippen molar-refractivity contribution < 1.29 is 76.1 Å². The molecule has 26 nitrogen and oxygen atoms in total. The minimum absolute atomic E-state index is 0.0441. The second-order valence-electron chi connectivity index (χ2n) is 33.6. The normalized spacial score (nSPS) is 13.3. The number of carbonyl (C=O) groups excluding carboxylic acids is 6. The number of methoxy groups -OCH3 is 2. The van der Waals surface area contributed by atoms with Gasteiger partial charge < -0.3 is 68.6 Å². The standard InChI is InChI=1S/C90H118N10O16/c1-53(2)35-75(93-87(105)115-89(13,14)15)83(101)91-77(85(103)107-19)41-59-27-31-73(32-28-59)109-51-71-49-99(97-95-71)47-61-37-67-43-63-23-21-25-65(79(63)111-55(5)6)45-69-39-62(40-70(82(69)114-58(11)12)46-66-26-22-24-64(80(66)112-56(7)8)44-68(38-61)81(67)113-57(9)10)48-100-50-72(96-98-100)52-110-74-33-29-60(30-34-74)42-78(86(104)108-20)92-84(102)76(36-54(3)4)94-88(106)116-90(16,17)18/h21-34,37-40,49-50,53-58,75-78H,35-36,41-48,51-52H2,1-20H3,(H,91,101)(H,92,102)(H,93,105)(H,94,106)/t75-,76-,77-,78-/m0/s1. The number of alkyl carbamates (subject to hydrolysis) is 2. The second-order valence-corrected chi connectivity index (χ2v) is 33.6. The molecule has 624 valence electrons. The molecule has 0 saturated heterocycles. The molecule has 0 fully saturated rings. The van der Waals surface area contributed by atoms with Crippen molar-refractivity contribution in [1.29, 1.82) is 0 Å². The number of carbonyl (C=O) groups is 6. The molecule has 0 radical (unpaired) electrons. The number of hydrogen-bond donors (Lipinski definition) is 4. The van der Waals surface area contributed by atoms with Gasteiger partial charge in [0.15, 0.2) is 0 Å². The monoisotopic (exact) mass is 1590 g/mol. The van der Waals surface area contributed by atoms with Gasteiger partial charge in [-0.05, 0) is 237 Å². The zero-order chi connectivity index (χ0) is 84.3. The van der Waals surface area contributed by atoms with Gasteiger partial charge in [0.05, 0.1) is 64.1 Å². The second kappa shape index (κ2) is 40.4. The summed E-state index contributed by atoms with van der Waals surface area (Å²) in [4.78, 5) is 79.0. The van der Waals surface area contributed by atoms with E-state index in [4.69, 9.17) is 47.4 Å². The van der Waals surface area contributed by atoms with Gasteiger partial charge in [0, 0.05) is 38.5 Å². The molecule has 8 bridgehead atoms. The largest absolute Gasteiger partial charge is 0.490 e. The number of esters is 2. The summed E-state index contributed by atoms with van der Waals surface area (Å²) in [5.74, 6) is 1.95. The lowest BCUT2D eigenvalue weighted by Crippen LogP contribution is -2.53. The van der Waals surface area contributed by atoms with E-state index in [-0.39, 0.29) is 62.3 Å². The fraction of sp³-hybridized carbons (Fsp3) is 0.489. The van der Waals surface area contributed by atoms with E-state index in [0.717, 1.165) is 89.8 Å². The molecule has 0 spiro atoms. The average Bonchev–Trinajstić information content (AvgIpc) is 0.875. The summed E-state index contributed by atoms with van der Waals surface area (Å²) < 4.78 is 65.1. The number of aromatic nitrogens is 6. The van der Waals surface area contributed by atoms with Crippen LogP contribution in [0.4, 0.5) is 9.59 Å². The fourth-order valence-corrected chi connectivity index (χ4v) is 13.7. The Morgan fingerprint density at radius 2 is 0.698 bits per heavy atom. The summed E-state index contributed by atoms with van der Waals surface area (Å²) in [5.41, 5.74) is 10.8. The topological polar surface area (TPSA) is 304 Å². The van der Waals surface area contributed by atoms with Gasteiger partial charge in [-0.25, -0.2) is 28.5 Å². The van der Waals surface area contributed by atoms with Crippen LogP contribution in [0.5, 0.6) is 34.5 Å². The molecule has 1 aliphatic rings. The fourth-order valence-electron chi connectivity index (χ4n) is 13.7. The first-order valence-electron chi connectivity index (χ1n) is 40.1. The first-order chi connectivity index (χ1) is 54.9. The van der Waals surface area contributed by atoms with Crippen molar-refractivity contribution >= 4 is 35.9 Å². The van der Waals surface area contributed by atoms with Gasteiger partial charge in [-0.15, -0.1) is 10.2 Å². The van der Waals surface area contributed by atoms with E-state index in [2.05, 4.69) is 103 Å². The first kappa shape index (κ1) is 88.8. The van der Waals surface area contributed by atoms with Gasteiger partial charge in [0.2, 0.25) is 11.8 Å². The Balaban J connectivity index is 0.961. The zero-order valence-corrected chi connectivity index (χ0v) is 71.0. The smallest absolute Gasteiger partial charge is 0.408 e. The van der Waals surface area contributed by atoms with Crippen LogP contribution >= 0.6 is 0 Å². The third-order valence-electron chi connectivity index (χ3n) is 18.3. The van der Waals surface area contributed by atoms with Gasteiger partial charge in [-0.2, -0.15) is 0 Å². The first-order valence-corrected chi connectivity index (χ1v) is 40.1. The van der Waals surface area contributed by atoms with E-state index in [0.29, 0.717) is 74.5 Å². The van der Waals surface area contributed by atoms with E-state index in [1.54, 1.807) is 75.2 Å². The number of fused-ring (bicyclic) bond motifs is 8. The van der Waals surface area contributed by atoms with E-state index >= 15 is 0 Å². The molecule has 0 saturated carbocycles. The maximum absolute atomic E-state index is 13.7. The number of amides is 4. The molecule has 4 N–H and O–H groups in total. The predicted molar refractivity (Wildman–Crippen MR) is 440 cm³/mol. The van der Waals surface area contributed by atoms with Crippen molar-refractivity contribution in [2.24, 2.45) is 11.8 Å². The molecule has 26 heteroatoms. The molecule has 8 aromatic rings. The Labute approximate surface area is 682 Å². The molecule has 9 rings (SSSR count). The highest BCUT2D eigenvalue weighted by molar-refractivity contribution is 5.91. The maximum Gasteiger partial charge on any atom is 0.408 e. The lowest BCUT2D eigenvalue weighted by atomic mass is 9.89. The molecule has 0 aliphatic heterocycles. The molecular formula is C90H118N10O16. The Bertz CT molecular complexity index is 4270. The maximum atomic E-state index is 13.7. The summed E-state index contributed by atoms with van der Waals surface area (Å²) >= 11 is 0. The van der Waals surface area contributed by atoms with Crippen molar-refractivity contribution in [3.05, 3.63) is 200 Å². The SMILES string of the molecule is COC(=O)[C@H](Cc1ccc(OCc2cn(Cc3cc4c(OC(C)C)c(c3)Cc3cccc(c3OC(C)C)Cc3cc(Cn5cc(COc6ccc(C[C@H](NC(=O)[C@H](CC(C)C)NC(=O)OC(C)(C)C)C(=O)OC)cc6)nn5)cc(c3OC(C)C)Cc3cccc(c3OC(C)C)C4)nn2)cc1)NC(=O)[C@H](CC(C)C)NC(=O)OC(C)(C)C. The number of rotatable bonds is 34. The van der Waals surface area contributed by atoms with Gasteiger partial charge in [-0.3, -0.25) is 9.59 Å². The molecule has 116 heavy (non-hydrogen) atoms. The average molecular weight is 1600 g/mol. The molecular weight excluding hydrogens is 1480 g/mol. The van der Waals surface area contributed by atoms with Crippen molar-refractivity contribution in [3.8, 4) is 34.5 Å². The third-order valence-corrected chi connectivity index (χ3v) is 18.3. The molecule has 1 aliphatic carbocycles. The number of nitrogens with zero attached hydrogens (tertiary/aromatic N) is 6. The summed E-state index contributed by atoms with van der Waals surface area (Å²) in [6.45, 7) is 35.5. The van der Waals surface area contributed by atoms with E-state index < -0.39 is 71.3 Å². The number of para-hydroxylation sites is 2. The molecule has 2 heterocycles. The number of benzene rings is 6. The van der Waals surface area contributed by atoms with Crippen molar-refractivity contribution in [2.75, 3.05) is 14.2 Å². The van der Waals surface area contributed by atoms with Crippen molar-refractivity contribution in [3.63, 3.8) is 0 Å². The van der Waals surface area contributed by atoms with E-state index in [9.17, 15) is 28.8 Å². The summed E-state index contributed by atoms with van der Waals surface area (Å²) in [6.07, 6.45) is 4.22. The van der Waals surface area contributed by atoms with Crippen LogP contribution in [-0.4, -0.2) is 140 Å². The van der Waals surface area contributed by atoms with Crippen LogP contribution in [-0.2, 0) is 103 Å². The van der Waals surface area contributed by atoms with Crippen LogP contribution in [0.25, 0.3) is 0 Å². The Morgan fingerprint density at radius 3 is 0.974 bits per heavy atom. The van der Waals surface area contributed by atoms with Crippen LogP contribution in [0.1, 0.15) is 216 Å². The van der Waals surface area contributed by atoms with Crippen LogP contribution < -0.4 is 49.7 Å². The lowest BCUT2D eigenvalue weighted by Gasteiger charge is -2.25. The van der Waals surface area contributed by atoms with Crippen LogP contribution in [0, 0.1) is 11.8 Å². The summed E-state index contributed by atoms with van der Waals surface area (Å²) in [5, 5.41) is 29.2. The quantitative estimate of drug-likeness (QED) is 0.0215. The number of ether oxygens (including phenoxy) is 10. The van der Waals surface area contributed by atoms with Crippen LogP contribution in [0.15, 0.2) is 122 Å². The highest BCUT2D eigenvalue weighted by Crippen LogP contribution is 2.42. The Kier molecular flexibility index (Phi) is 30.9. The highest BCUT2D eigenvalue weighted by atomic mass is 16.6. The minimum atomic E-state index is -1.04. The molecule has 0 unspecified atom stereocenters. The van der Waals surface area contributed by atoms with Gasteiger partial charge in [0.25, 0.3) is 0 Å². The summed E-state index contributed by atoms with van der Waals surface area (Å²) in [7, 11) is 2.52. The van der Waals surface area contributed by atoms with Crippen LogP contribution in [0.2, 0.25) is 0 Å². The molecule has 4 amide bonds. The number of nitrogens with one attached hydrogen (secondary N) is 4. The highest BCUT2D eigenvalue weighted by Gasteiger charge is 2.33. The number of hydrogen-bond acceptors (Lipinski definition) is 20. The van der Waals surface area contributed by atoms with Gasteiger partial charge in [-0.1, -0.05) is 98.8 Å². The zero-order valence-electron chi connectivity index (χ0n) is 71.0. The lowest BCUT2D eigenvalue weighted by molar-refractivity contribution is -0.145. The third kappa shape index (κ3) is 27.0. The molecule has 4 atom stereocenters. The van der Waals surface area contributed by atoms with Crippen molar-refractivity contribution in [2.45, 2.75) is 262 Å². The predicted octanol–water partition coefficient (Wildman–Crippen LogP) is 14.2. The summed E-state index contributed by atoms with van der Waals surface area (Å²) in [6, 6.07) is 31.9. The molecule has 6 aromatic carbocycles.